The third-order valence-electron chi connectivity index (χ3n) is 15.9. The quantitative estimate of drug-likeness (QED) is 0.0194. The summed E-state index contributed by atoms with van der Waals surface area (Å²) in [6.07, 6.45) is 48.1. The van der Waals surface area contributed by atoms with Crippen molar-refractivity contribution in [3.63, 3.8) is 0 Å². The highest BCUT2D eigenvalue weighted by atomic mass is 16.7. The Balaban J connectivity index is 1.98. The molecule has 2 aliphatic rings. The Morgan fingerprint density at radius 3 is 1.40 bits per heavy atom. The normalized spacial score (nSPS) is 21.0. The maximum Gasteiger partial charge on any atom is 0.305 e. The molecule has 4 atom stereocenters. The third kappa shape index (κ3) is 34.2. The van der Waals surface area contributed by atoms with Crippen LogP contribution in [0.25, 0.3) is 0 Å². The minimum atomic E-state index is -0.415. The predicted molar refractivity (Wildman–Crippen MR) is 305 cm³/mol. The van der Waals surface area contributed by atoms with Gasteiger partial charge in [-0.25, -0.2) is 0 Å². The van der Waals surface area contributed by atoms with Gasteiger partial charge in [0.15, 0.2) is 6.29 Å². The summed E-state index contributed by atoms with van der Waals surface area (Å²) in [4.78, 5) is 42.3. The van der Waals surface area contributed by atoms with Crippen LogP contribution in [-0.2, 0) is 38.1 Å². The number of allylic oxidation sites excluding steroid dienone is 4. The summed E-state index contributed by atoms with van der Waals surface area (Å²) in [5, 5.41) is 0. The molecule has 9 heteroatoms. The van der Waals surface area contributed by atoms with Gasteiger partial charge in [-0.3, -0.25) is 14.4 Å². The summed E-state index contributed by atoms with van der Waals surface area (Å²) >= 11 is 0. The maximum absolute atomic E-state index is 13.7. The van der Waals surface area contributed by atoms with Crippen LogP contribution in [0, 0.1) is 22.2 Å². The van der Waals surface area contributed by atoms with E-state index in [1.165, 1.54) is 116 Å². The molecule has 0 saturated heterocycles. The lowest BCUT2D eigenvalue weighted by Crippen LogP contribution is -2.52. The molecule has 2 aliphatic carbocycles. The van der Waals surface area contributed by atoms with Gasteiger partial charge >= 0.3 is 17.9 Å². The molecule has 2 bridgehead atoms. The zero-order chi connectivity index (χ0) is 53.1. The van der Waals surface area contributed by atoms with Gasteiger partial charge in [0.2, 0.25) is 0 Å². The number of carbonyl (C=O) groups is 3. The van der Waals surface area contributed by atoms with Crippen LogP contribution in [0.1, 0.15) is 286 Å². The van der Waals surface area contributed by atoms with E-state index in [9.17, 15) is 14.4 Å². The summed E-state index contributed by atoms with van der Waals surface area (Å²) in [7, 11) is 0. The Labute approximate surface area is 450 Å². The van der Waals surface area contributed by atoms with Crippen molar-refractivity contribution in [2.75, 3.05) is 52.7 Å². The molecule has 2 rings (SSSR count). The number of carbonyl (C=O) groups excluding carboxylic acids is 3. The zero-order valence-electron chi connectivity index (χ0n) is 49.0. The van der Waals surface area contributed by atoms with Crippen LogP contribution in [0.15, 0.2) is 24.3 Å². The first-order valence-electron chi connectivity index (χ1n) is 31.2. The molecule has 0 aromatic rings. The first-order valence-corrected chi connectivity index (χ1v) is 31.2. The Morgan fingerprint density at radius 1 is 0.479 bits per heavy atom. The van der Waals surface area contributed by atoms with Crippen molar-refractivity contribution in [2.45, 2.75) is 292 Å². The molecule has 0 spiro atoms. The average Bonchev–Trinajstić information content (AvgIpc) is 3.37. The molecule has 426 valence electrons. The SMILES string of the molecule is CCCCC/C=C\C/C=C\CCCCCCCC(=O)OCC1(C)CC2CC(C)(COC(=O)CCCN(CC)CC)CC(COC(=O)CCC(OCCCCCCCCCC)OCCCCCCCCCC)(C2)C1. The Bertz CT molecular complexity index is 1410. The van der Waals surface area contributed by atoms with Gasteiger partial charge in [-0.05, 0) is 115 Å². The standard InChI is InChI=1S/C64H117NO8/c1-8-13-16-19-22-25-26-27-28-29-30-31-32-35-38-42-58(66)71-54-62(6)49-57-50-63(7,55-72-59(67)43-41-46-65(11-4)12-5)53-64(51-57,52-62)56-73-60(68)44-45-61(69-47-39-36-33-23-20-17-14-9-2)70-48-40-37-34-24-21-18-15-10-3/h22,25,27-28,57,61H,8-21,23-24,26,29-56H2,1-7H3/b25-22-,28-27-. The first kappa shape index (κ1) is 66.9. The van der Waals surface area contributed by atoms with Crippen molar-refractivity contribution in [1.29, 1.82) is 0 Å². The number of fused-ring (bicyclic) bond motifs is 2. The van der Waals surface area contributed by atoms with Gasteiger partial charge in [0, 0.05) is 48.7 Å². The van der Waals surface area contributed by atoms with Gasteiger partial charge < -0.3 is 28.6 Å². The van der Waals surface area contributed by atoms with Crippen molar-refractivity contribution in [3.05, 3.63) is 24.3 Å². The van der Waals surface area contributed by atoms with Gasteiger partial charge in [0.05, 0.1) is 26.2 Å². The van der Waals surface area contributed by atoms with Crippen molar-refractivity contribution in [3.8, 4) is 0 Å². The van der Waals surface area contributed by atoms with Gasteiger partial charge in [-0.2, -0.15) is 0 Å². The highest BCUT2D eigenvalue weighted by Crippen LogP contribution is 2.60. The smallest absolute Gasteiger partial charge is 0.305 e. The number of rotatable bonds is 49. The van der Waals surface area contributed by atoms with Crippen molar-refractivity contribution in [1.82, 2.24) is 4.90 Å². The predicted octanol–water partition coefficient (Wildman–Crippen LogP) is 17.6. The lowest BCUT2D eigenvalue weighted by molar-refractivity contribution is -0.172. The molecular weight excluding hydrogens is 911 g/mol. The number of hydrogen-bond donors (Lipinski definition) is 0. The van der Waals surface area contributed by atoms with Crippen LogP contribution in [-0.4, -0.2) is 81.8 Å². The highest BCUT2D eigenvalue weighted by molar-refractivity contribution is 5.70. The van der Waals surface area contributed by atoms with E-state index in [-0.39, 0.29) is 40.6 Å². The highest BCUT2D eigenvalue weighted by Gasteiger charge is 2.55. The van der Waals surface area contributed by atoms with Crippen LogP contribution >= 0.6 is 0 Å². The molecule has 0 N–H and O–H groups in total. The van der Waals surface area contributed by atoms with E-state index in [4.69, 9.17) is 23.7 Å². The number of nitrogens with zero attached hydrogens (tertiary/aromatic N) is 1. The molecule has 73 heavy (non-hydrogen) atoms. The summed E-state index contributed by atoms with van der Waals surface area (Å²) in [6.45, 7) is 20.8. The van der Waals surface area contributed by atoms with Gasteiger partial charge in [0.1, 0.15) is 0 Å². The average molecular weight is 1030 g/mol. The first-order chi connectivity index (χ1) is 35.4. The van der Waals surface area contributed by atoms with E-state index in [0.717, 1.165) is 116 Å². The summed E-state index contributed by atoms with van der Waals surface area (Å²) < 4.78 is 31.1. The second kappa shape index (κ2) is 42.8. The monoisotopic (exact) mass is 1030 g/mol. The molecule has 0 aromatic heterocycles. The van der Waals surface area contributed by atoms with Crippen LogP contribution in [0.3, 0.4) is 0 Å². The number of ether oxygens (including phenoxy) is 5. The molecule has 0 amide bonds. The summed E-state index contributed by atoms with van der Waals surface area (Å²) in [5.74, 6) is -0.110. The van der Waals surface area contributed by atoms with Crippen molar-refractivity contribution < 1.29 is 38.1 Å². The summed E-state index contributed by atoms with van der Waals surface area (Å²) in [6, 6.07) is 0. The molecule has 0 heterocycles. The van der Waals surface area contributed by atoms with Crippen LogP contribution in [0.4, 0.5) is 0 Å². The van der Waals surface area contributed by atoms with E-state index in [1.54, 1.807) is 0 Å². The Morgan fingerprint density at radius 2 is 0.890 bits per heavy atom. The number of hydrogen-bond acceptors (Lipinski definition) is 9. The van der Waals surface area contributed by atoms with E-state index in [0.29, 0.717) is 58.2 Å². The second-order valence-electron chi connectivity index (χ2n) is 23.7. The second-order valence-corrected chi connectivity index (χ2v) is 23.7. The lowest BCUT2D eigenvalue weighted by Gasteiger charge is -2.57. The molecule has 0 radical (unpaired) electrons. The van der Waals surface area contributed by atoms with Crippen LogP contribution in [0.5, 0.6) is 0 Å². The molecule has 0 aromatic carbocycles. The fourth-order valence-corrected chi connectivity index (χ4v) is 12.1. The van der Waals surface area contributed by atoms with Gasteiger partial charge in [-0.15, -0.1) is 0 Å². The maximum atomic E-state index is 13.7. The number of unbranched alkanes of at least 4 members (excludes halogenated alkanes) is 22. The molecular formula is C64H117NO8. The fraction of sp³-hybridized carbons (Fsp3) is 0.891. The van der Waals surface area contributed by atoms with Crippen molar-refractivity contribution >= 4 is 17.9 Å². The molecule has 2 saturated carbocycles. The minimum absolute atomic E-state index is 0.107. The van der Waals surface area contributed by atoms with Crippen LogP contribution < -0.4 is 0 Å². The Hall–Kier alpha value is -2.23. The molecule has 4 unspecified atom stereocenters. The Kier molecular flexibility index (Phi) is 39.2. The fourth-order valence-electron chi connectivity index (χ4n) is 12.1. The molecule has 9 nitrogen and oxygen atoms in total. The summed E-state index contributed by atoms with van der Waals surface area (Å²) in [5.41, 5.74) is -0.772. The minimum Gasteiger partial charge on any atom is -0.465 e. The largest absolute Gasteiger partial charge is 0.465 e. The molecule has 0 aliphatic heterocycles. The van der Waals surface area contributed by atoms with E-state index in [1.807, 2.05) is 0 Å². The van der Waals surface area contributed by atoms with Gasteiger partial charge in [-0.1, -0.05) is 195 Å². The zero-order valence-corrected chi connectivity index (χ0v) is 49.0. The third-order valence-corrected chi connectivity index (χ3v) is 15.9. The number of esters is 3. The van der Waals surface area contributed by atoms with E-state index in [2.05, 4.69) is 77.7 Å². The molecule has 2 fully saturated rings. The lowest BCUT2D eigenvalue weighted by atomic mass is 9.49. The van der Waals surface area contributed by atoms with E-state index < -0.39 is 6.29 Å². The topological polar surface area (TPSA) is 101 Å². The van der Waals surface area contributed by atoms with Crippen molar-refractivity contribution in [2.24, 2.45) is 22.2 Å². The van der Waals surface area contributed by atoms with E-state index >= 15 is 0 Å². The van der Waals surface area contributed by atoms with Gasteiger partial charge in [0.25, 0.3) is 0 Å². The van der Waals surface area contributed by atoms with Crippen LogP contribution in [0.2, 0.25) is 0 Å².